The summed E-state index contributed by atoms with van der Waals surface area (Å²) in [5, 5.41) is 11.7. The number of rotatable bonds is 8. The van der Waals surface area contributed by atoms with Gasteiger partial charge in [-0.1, -0.05) is 52.2 Å². The Kier molecular flexibility index (Phi) is 7.04. The molecule has 1 aliphatic heterocycles. The van der Waals surface area contributed by atoms with E-state index in [-0.39, 0.29) is 47.3 Å². The Labute approximate surface area is 220 Å². The van der Waals surface area contributed by atoms with Crippen LogP contribution >= 0.6 is 0 Å². The molecule has 0 spiro atoms. The fraction of sp³-hybridized carbons (Fsp3) is 0.767. The average molecular weight is 515 g/mol. The van der Waals surface area contributed by atoms with E-state index in [1.165, 1.54) is 0 Å². The average Bonchev–Trinajstić information content (AvgIpc) is 3.33. The van der Waals surface area contributed by atoms with Gasteiger partial charge >= 0.3 is 5.97 Å². The summed E-state index contributed by atoms with van der Waals surface area (Å²) in [7, 11) is 0. The van der Waals surface area contributed by atoms with Crippen LogP contribution in [0.3, 0.4) is 0 Å². The molecule has 4 aliphatic carbocycles. The van der Waals surface area contributed by atoms with Gasteiger partial charge in [-0.05, 0) is 62.5 Å². The molecule has 7 heteroatoms. The van der Waals surface area contributed by atoms with Crippen molar-refractivity contribution >= 4 is 17.5 Å². The maximum Gasteiger partial charge on any atom is 0.306 e. The molecule has 0 aromatic rings. The molecule has 0 radical (unpaired) electrons. The molecule has 1 heterocycles. The fourth-order valence-electron chi connectivity index (χ4n) is 8.65. The van der Waals surface area contributed by atoms with Gasteiger partial charge in [-0.25, -0.2) is 0 Å². The van der Waals surface area contributed by atoms with E-state index in [9.17, 15) is 19.5 Å². The van der Waals surface area contributed by atoms with Gasteiger partial charge in [0, 0.05) is 23.2 Å². The van der Waals surface area contributed by atoms with Crippen molar-refractivity contribution in [2.75, 3.05) is 6.61 Å². The summed E-state index contributed by atoms with van der Waals surface area (Å²) >= 11 is 0. The second-order valence-corrected chi connectivity index (χ2v) is 12.3. The Bertz CT molecular complexity index is 1020. The third-order valence-electron chi connectivity index (χ3n) is 10.3. The van der Waals surface area contributed by atoms with Crippen LogP contribution in [-0.2, 0) is 28.6 Å². The Balaban J connectivity index is 1.47. The van der Waals surface area contributed by atoms with Crippen molar-refractivity contribution in [2.45, 2.75) is 110 Å². The number of ether oxygens (including phenoxy) is 3. The Morgan fingerprint density at radius 1 is 1.22 bits per heavy atom. The number of unbranched alkanes of at least 4 members (excludes halogenated alkanes) is 1. The first kappa shape index (κ1) is 26.8. The number of aliphatic hydroxyl groups is 1. The van der Waals surface area contributed by atoms with E-state index in [1.807, 2.05) is 13.0 Å². The predicted molar refractivity (Wildman–Crippen MR) is 136 cm³/mol. The highest BCUT2D eigenvalue weighted by Gasteiger charge is 2.75. The van der Waals surface area contributed by atoms with E-state index in [1.54, 1.807) is 12.2 Å². The van der Waals surface area contributed by atoms with Gasteiger partial charge in [0.25, 0.3) is 0 Å². The van der Waals surface area contributed by atoms with Crippen molar-refractivity contribution in [3.8, 4) is 0 Å². The zero-order valence-electron chi connectivity index (χ0n) is 22.7. The molecule has 4 fully saturated rings. The van der Waals surface area contributed by atoms with Crippen molar-refractivity contribution in [3.63, 3.8) is 0 Å². The van der Waals surface area contributed by atoms with Gasteiger partial charge in [0.1, 0.15) is 0 Å². The molecule has 7 nitrogen and oxygen atoms in total. The summed E-state index contributed by atoms with van der Waals surface area (Å²) in [4.78, 5) is 38.4. The molecule has 5 aliphatic rings. The van der Waals surface area contributed by atoms with Crippen LogP contribution in [0.4, 0.5) is 0 Å². The number of carbonyl (C=O) groups excluding carboxylic acids is 3. The molecule has 3 saturated carbocycles. The molecule has 9 atom stereocenters. The zero-order valence-corrected chi connectivity index (χ0v) is 22.7. The molecular weight excluding hydrogens is 472 g/mol. The number of aliphatic hydroxyl groups excluding tert-OH is 1. The van der Waals surface area contributed by atoms with E-state index in [0.29, 0.717) is 25.7 Å². The Morgan fingerprint density at radius 3 is 2.73 bits per heavy atom. The number of carbonyl (C=O) groups is 3. The first-order valence-corrected chi connectivity index (χ1v) is 14.2. The van der Waals surface area contributed by atoms with Crippen LogP contribution < -0.4 is 0 Å². The highest BCUT2D eigenvalue weighted by Crippen LogP contribution is 2.69. The molecule has 0 aromatic carbocycles. The number of hydrogen-bond acceptors (Lipinski definition) is 7. The topological polar surface area (TPSA) is 99.1 Å². The molecule has 0 amide bonds. The van der Waals surface area contributed by atoms with Crippen LogP contribution in [0.5, 0.6) is 0 Å². The monoisotopic (exact) mass is 514 g/mol. The largest absolute Gasteiger partial charge is 0.458 e. The Hall–Kier alpha value is -1.83. The van der Waals surface area contributed by atoms with E-state index >= 15 is 0 Å². The van der Waals surface area contributed by atoms with E-state index in [0.717, 1.165) is 37.7 Å². The minimum absolute atomic E-state index is 0.0123. The minimum Gasteiger partial charge on any atom is -0.458 e. The van der Waals surface area contributed by atoms with Crippen LogP contribution in [-0.4, -0.2) is 53.3 Å². The fourth-order valence-corrected chi connectivity index (χ4v) is 8.65. The van der Waals surface area contributed by atoms with Gasteiger partial charge < -0.3 is 19.3 Å². The number of esters is 1. The summed E-state index contributed by atoms with van der Waals surface area (Å²) in [5.74, 6) is -0.376. The van der Waals surface area contributed by atoms with Crippen LogP contribution in [0, 0.1) is 28.6 Å². The summed E-state index contributed by atoms with van der Waals surface area (Å²) in [5.41, 5.74) is -1.18. The first-order valence-electron chi connectivity index (χ1n) is 14.2. The molecule has 1 saturated heterocycles. The maximum atomic E-state index is 14.0. The molecule has 37 heavy (non-hydrogen) atoms. The standard InChI is InChI=1S/C30H42O7/c1-5-7-9-25(34)35-17-23(33)30-24(36-26(37-30)8-6-2)15-21-20-11-10-18-14-19(31)12-13-28(18,3)27(20)22(32)16-29(21,30)4/h12-14,20-22,24,26-27,32H,5-11,15-17H2,1-4H3/t20-,21-,22-,24+,26?,27+,28-,29-,30+/m0/s1. The van der Waals surface area contributed by atoms with Crippen LogP contribution in [0.25, 0.3) is 0 Å². The van der Waals surface area contributed by atoms with Crippen molar-refractivity contribution in [2.24, 2.45) is 28.6 Å². The number of fused-ring (bicyclic) bond motifs is 7. The smallest absolute Gasteiger partial charge is 0.306 e. The third-order valence-corrected chi connectivity index (χ3v) is 10.3. The lowest BCUT2D eigenvalue weighted by molar-refractivity contribution is -0.201. The summed E-state index contributed by atoms with van der Waals surface area (Å²) < 4.78 is 18.4. The number of ketones is 2. The van der Waals surface area contributed by atoms with E-state index in [4.69, 9.17) is 14.2 Å². The predicted octanol–water partition coefficient (Wildman–Crippen LogP) is 4.46. The van der Waals surface area contributed by atoms with Crippen LogP contribution in [0.1, 0.15) is 85.5 Å². The van der Waals surface area contributed by atoms with Gasteiger partial charge in [0.05, 0.1) is 12.2 Å². The van der Waals surface area contributed by atoms with Gasteiger partial charge in [-0.15, -0.1) is 0 Å². The number of allylic oxidation sites excluding steroid dienone is 4. The van der Waals surface area contributed by atoms with Crippen molar-refractivity contribution in [1.82, 2.24) is 0 Å². The molecule has 0 aromatic heterocycles. The van der Waals surface area contributed by atoms with E-state index in [2.05, 4.69) is 20.8 Å². The normalized spacial score (nSPS) is 43.9. The van der Waals surface area contributed by atoms with Crippen molar-refractivity contribution in [3.05, 3.63) is 23.8 Å². The van der Waals surface area contributed by atoms with Gasteiger partial charge in [-0.2, -0.15) is 0 Å². The van der Waals surface area contributed by atoms with Crippen molar-refractivity contribution < 1.29 is 33.7 Å². The Morgan fingerprint density at radius 2 is 2.00 bits per heavy atom. The molecule has 5 rings (SSSR count). The molecule has 0 bridgehead atoms. The van der Waals surface area contributed by atoms with Gasteiger partial charge in [0.15, 0.2) is 24.3 Å². The van der Waals surface area contributed by atoms with Crippen LogP contribution in [0.2, 0.25) is 0 Å². The van der Waals surface area contributed by atoms with Gasteiger partial charge in [-0.3, -0.25) is 14.4 Å². The van der Waals surface area contributed by atoms with E-state index < -0.39 is 29.5 Å². The third kappa shape index (κ3) is 3.99. The van der Waals surface area contributed by atoms with Crippen molar-refractivity contribution in [1.29, 1.82) is 0 Å². The molecule has 1 unspecified atom stereocenters. The quantitative estimate of drug-likeness (QED) is 0.478. The second-order valence-electron chi connectivity index (χ2n) is 12.3. The first-order chi connectivity index (χ1) is 17.6. The minimum atomic E-state index is -1.25. The highest BCUT2D eigenvalue weighted by atomic mass is 16.7. The zero-order chi connectivity index (χ0) is 26.6. The summed E-state index contributed by atoms with van der Waals surface area (Å²) in [6.45, 7) is 7.95. The molecule has 204 valence electrons. The highest BCUT2D eigenvalue weighted by molar-refractivity contribution is 6.01. The van der Waals surface area contributed by atoms with Gasteiger partial charge in [0.2, 0.25) is 5.78 Å². The number of hydrogen-bond donors (Lipinski definition) is 1. The molecular formula is C30H42O7. The lowest BCUT2D eigenvalue weighted by Gasteiger charge is -2.59. The SMILES string of the molecule is CCCCC(=O)OCC(=O)[C@@]12OC(CCC)O[C@@H]1C[C@H]1[C@@H]3CCC4=CC(=O)C=C[C@]4(C)[C@H]3[C@@H](O)C[C@@]12C. The van der Waals surface area contributed by atoms with Crippen LogP contribution in [0.15, 0.2) is 23.8 Å². The lowest BCUT2D eigenvalue weighted by atomic mass is 9.46. The second kappa shape index (κ2) is 9.73. The summed E-state index contributed by atoms with van der Waals surface area (Å²) in [6, 6.07) is 0. The molecule has 1 N–H and O–H groups in total. The summed E-state index contributed by atoms with van der Waals surface area (Å²) in [6.07, 6.45) is 9.97. The number of Topliss-reactive ketones (excluding diaryl/α,β-unsaturated/α-hetero) is 1. The maximum absolute atomic E-state index is 14.0. The lowest BCUT2D eigenvalue weighted by Crippen LogP contribution is -2.63.